The number of aromatic nitrogens is 2. The Bertz CT molecular complexity index is 1350. The Morgan fingerprint density at radius 2 is 1.82 bits per heavy atom. The number of nitrogens with one attached hydrogen (secondary N) is 3. The Kier molecular flexibility index (Phi) is 10.9. The molecule has 0 amide bonds. The lowest BCUT2D eigenvalue weighted by atomic mass is 10.1. The molecule has 0 saturated carbocycles. The van der Waals surface area contributed by atoms with Crippen LogP contribution >= 0.6 is 11.6 Å². The van der Waals surface area contributed by atoms with Crippen molar-refractivity contribution < 1.29 is 13.2 Å². The SMILES string of the molecule is CC(C)NS(=O)(=O)c1ccccc1Nc1nc(Cc2ccc(NCCCN(C)C)cc2OC(C)C)ncc1Cl. The van der Waals surface area contributed by atoms with Gasteiger partial charge in [0.05, 0.1) is 18.0 Å². The molecule has 0 aliphatic heterocycles. The topological polar surface area (TPSA) is 108 Å². The molecule has 1 heterocycles. The number of sulfonamides is 1. The van der Waals surface area contributed by atoms with E-state index in [0.29, 0.717) is 23.8 Å². The standard InChI is InChI=1S/C28H39ClN6O3S/c1-19(2)34-39(36,37)26-11-8-7-10-24(26)32-28-23(29)18-31-27(33-28)16-21-12-13-22(17-25(21)38-20(3)4)30-14-9-15-35(5)6/h7-8,10-13,17-20,30,34H,9,14-16H2,1-6H3,(H,31,32,33). The molecule has 0 atom stereocenters. The van der Waals surface area contributed by atoms with Crippen LogP contribution in [0.15, 0.2) is 53.6 Å². The molecule has 212 valence electrons. The third-order valence-corrected chi connectivity index (χ3v) is 7.50. The van der Waals surface area contributed by atoms with Gasteiger partial charge in [-0.3, -0.25) is 0 Å². The Morgan fingerprint density at radius 1 is 1.08 bits per heavy atom. The van der Waals surface area contributed by atoms with Gasteiger partial charge < -0.3 is 20.3 Å². The molecule has 0 saturated heterocycles. The summed E-state index contributed by atoms with van der Waals surface area (Å²) in [5, 5.41) is 6.83. The highest BCUT2D eigenvalue weighted by atomic mass is 35.5. The number of hydrogen-bond acceptors (Lipinski definition) is 8. The molecule has 3 N–H and O–H groups in total. The number of benzene rings is 2. The zero-order valence-electron chi connectivity index (χ0n) is 23.5. The van der Waals surface area contributed by atoms with E-state index in [9.17, 15) is 8.42 Å². The van der Waals surface area contributed by atoms with Crippen molar-refractivity contribution in [3.63, 3.8) is 0 Å². The number of halogens is 1. The van der Waals surface area contributed by atoms with Crippen LogP contribution in [0.25, 0.3) is 0 Å². The highest BCUT2D eigenvalue weighted by Crippen LogP contribution is 2.30. The van der Waals surface area contributed by atoms with E-state index < -0.39 is 10.0 Å². The summed E-state index contributed by atoms with van der Waals surface area (Å²) < 4.78 is 34.5. The average molecular weight is 575 g/mol. The Labute approximate surface area is 237 Å². The fourth-order valence-electron chi connectivity index (χ4n) is 3.85. The van der Waals surface area contributed by atoms with Crippen LogP contribution in [0.4, 0.5) is 17.2 Å². The van der Waals surface area contributed by atoms with Gasteiger partial charge in [-0.25, -0.2) is 23.1 Å². The van der Waals surface area contributed by atoms with Crippen molar-refractivity contribution in [3.05, 3.63) is 65.1 Å². The minimum Gasteiger partial charge on any atom is -0.491 e. The van der Waals surface area contributed by atoms with E-state index >= 15 is 0 Å². The van der Waals surface area contributed by atoms with Crippen LogP contribution in [0.3, 0.4) is 0 Å². The van der Waals surface area contributed by atoms with Crippen LogP contribution in [0.1, 0.15) is 45.5 Å². The predicted molar refractivity (Wildman–Crippen MR) is 159 cm³/mol. The molecule has 0 aliphatic carbocycles. The largest absolute Gasteiger partial charge is 0.491 e. The second-order valence-electron chi connectivity index (χ2n) is 10.1. The molecule has 0 radical (unpaired) electrons. The van der Waals surface area contributed by atoms with Crippen LogP contribution in [-0.2, 0) is 16.4 Å². The lowest BCUT2D eigenvalue weighted by Gasteiger charge is -2.17. The van der Waals surface area contributed by atoms with Crippen molar-refractivity contribution in [1.29, 1.82) is 0 Å². The molecule has 0 fully saturated rings. The third kappa shape index (κ3) is 9.35. The quantitative estimate of drug-likeness (QED) is 0.223. The first-order valence-electron chi connectivity index (χ1n) is 13.0. The average Bonchev–Trinajstić information content (AvgIpc) is 2.84. The predicted octanol–water partition coefficient (Wildman–Crippen LogP) is 5.30. The molecule has 0 aliphatic rings. The number of nitrogens with zero attached hydrogens (tertiary/aromatic N) is 3. The smallest absolute Gasteiger partial charge is 0.242 e. The summed E-state index contributed by atoms with van der Waals surface area (Å²) in [7, 11) is 0.387. The molecule has 11 heteroatoms. The molecule has 0 spiro atoms. The van der Waals surface area contributed by atoms with Gasteiger partial charge in [0.25, 0.3) is 0 Å². The summed E-state index contributed by atoms with van der Waals surface area (Å²) >= 11 is 6.41. The molecule has 0 bridgehead atoms. The molecule has 9 nitrogen and oxygen atoms in total. The summed E-state index contributed by atoms with van der Waals surface area (Å²) in [4.78, 5) is 11.3. The Morgan fingerprint density at radius 3 is 2.51 bits per heavy atom. The molecular formula is C28H39ClN6O3S. The van der Waals surface area contributed by atoms with E-state index in [1.165, 1.54) is 12.3 Å². The van der Waals surface area contributed by atoms with Crippen molar-refractivity contribution in [2.75, 3.05) is 37.8 Å². The first-order valence-corrected chi connectivity index (χ1v) is 14.9. The second kappa shape index (κ2) is 13.9. The van der Waals surface area contributed by atoms with Crippen LogP contribution in [0.2, 0.25) is 5.02 Å². The van der Waals surface area contributed by atoms with Crippen molar-refractivity contribution in [2.24, 2.45) is 0 Å². The zero-order chi connectivity index (χ0) is 28.6. The maximum absolute atomic E-state index is 12.9. The molecule has 3 aromatic rings. The van der Waals surface area contributed by atoms with Crippen molar-refractivity contribution in [1.82, 2.24) is 19.6 Å². The maximum atomic E-state index is 12.9. The van der Waals surface area contributed by atoms with Gasteiger partial charge >= 0.3 is 0 Å². The molecule has 0 unspecified atom stereocenters. The van der Waals surface area contributed by atoms with Crippen molar-refractivity contribution in [3.8, 4) is 5.75 Å². The van der Waals surface area contributed by atoms with E-state index in [2.05, 4.69) is 44.3 Å². The molecule has 3 rings (SSSR count). The molecule has 39 heavy (non-hydrogen) atoms. The van der Waals surface area contributed by atoms with Gasteiger partial charge in [0.15, 0.2) is 5.82 Å². The van der Waals surface area contributed by atoms with Crippen LogP contribution < -0.4 is 20.1 Å². The van der Waals surface area contributed by atoms with E-state index in [4.69, 9.17) is 16.3 Å². The number of anilines is 3. The first-order chi connectivity index (χ1) is 18.4. The third-order valence-electron chi connectivity index (χ3n) is 5.50. The zero-order valence-corrected chi connectivity index (χ0v) is 25.0. The van der Waals surface area contributed by atoms with Gasteiger partial charge in [0, 0.05) is 36.3 Å². The van der Waals surface area contributed by atoms with Crippen molar-refractivity contribution >= 4 is 38.8 Å². The number of para-hydroxylation sites is 1. The van der Waals surface area contributed by atoms with Gasteiger partial charge in [-0.05, 0) is 73.0 Å². The van der Waals surface area contributed by atoms with Gasteiger partial charge in [-0.2, -0.15) is 0 Å². The van der Waals surface area contributed by atoms with Gasteiger partial charge in [-0.15, -0.1) is 0 Å². The summed E-state index contributed by atoms with van der Waals surface area (Å²) in [6.07, 6.45) is 2.94. The van der Waals surface area contributed by atoms with Crippen LogP contribution in [0, 0.1) is 0 Å². The highest BCUT2D eigenvalue weighted by Gasteiger charge is 2.20. The maximum Gasteiger partial charge on any atom is 0.242 e. The van der Waals surface area contributed by atoms with E-state index in [0.717, 1.165) is 36.5 Å². The first kappa shape index (κ1) is 30.6. The molecular weight excluding hydrogens is 536 g/mol. The Hall–Kier alpha value is -2.92. The summed E-state index contributed by atoms with van der Waals surface area (Å²) in [5.74, 6) is 1.59. The van der Waals surface area contributed by atoms with Gasteiger partial charge in [0.1, 0.15) is 21.5 Å². The van der Waals surface area contributed by atoms with E-state index in [1.807, 2.05) is 32.0 Å². The van der Waals surface area contributed by atoms with Gasteiger partial charge in [-0.1, -0.05) is 29.8 Å². The Balaban J connectivity index is 1.84. The minimum absolute atomic E-state index is 0.00555. The fourth-order valence-corrected chi connectivity index (χ4v) is 5.41. The normalized spacial score (nSPS) is 11.8. The highest BCUT2D eigenvalue weighted by molar-refractivity contribution is 7.89. The minimum atomic E-state index is -3.74. The van der Waals surface area contributed by atoms with Crippen molar-refractivity contribution in [2.45, 2.75) is 57.6 Å². The monoisotopic (exact) mass is 574 g/mol. The van der Waals surface area contributed by atoms with Crippen LogP contribution in [-0.4, -0.2) is 62.6 Å². The van der Waals surface area contributed by atoms with E-state index in [1.54, 1.807) is 32.0 Å². The van der Waals surface area contributed by atoms with Crippen LogP contribution in [0.5, 0.6) is 5.75 Å². The van der Waals surface area contributed by atoms with E-state index in [-0.39, 0.29) is 22.1 Å². The number of rotatable bonds is 14. The lowest BCUT2D eigenvalue weighted by molar-refractivity contribution is 0.240. The fraction of sp³-hybridized carbons (Fsp3) is 0.429. The second-order valence-corrected chi connectivity index (χ2v) is 12.2. The van der Waals surface area contributed by atoms with Gasteiger partial charge in [0.2, 0.25) is 10.0 Å². The number of hydrogen-bond donors (Lipinski definition) is 3. The number of ether oxygens (including phenoxy) is 1. The molecule has 2 aromatic carbocycles. The lowest BCUT2D eigenvalue weighted by Crippen LogP contribution is -2.30. The molecule has 1 aromatic heterocycles. The summed E-state index contributed by atoms with van der Waals surface area (Å²) in [6.45, 7) is 9.38. The summed E-state index contributed by atoms with van der Waals surface area (Å²) in [5.41, 5.74) is 2.28. The summed E-state index contributed by atoms with van der Waals surface area (Å²) in [6, 6.07) is 12.4.